The van der Waals surface area contributed by atoms with Crippen molar-refractivity contribution in [1.29, 1.82) is 0 Å². The molecule has 0 unspecified atom stereocenters. The van der Waals surface area contributed by atoms with E-state index in [9.17, 15) is 5.11 Å². The molecule has 31 heavy (non-hydrogen) atoms. The average molecular weight is 416 g/mol. The maximum absolute atomic E-state index is 10.6. The standard InChI is InChI=1S/C23H25N7O/c31-20-5-3-4-18(20)30-19-14-24-9-8-16(19)17-13-26-23(28-22(17)30)27-21-7-6-15(12-25-21)29-10-1-2-11-29/h6-9,12-14,18,20,31H,1-5,10-11H2,(H,25,26,27,28)/t18-,20-/m0/s1. The summed E-state index contributed by atoms with van der Waals surface area (Å²) in [6, 6.07) is 6.06. The molecule has 6 rings (SSSR count). The predicted molar refractivity (Wildman–Crippen MR) is 121 cm³/mol. The number of nitrogens with one attached hydrogen (secondary N) is 1. The van der Waals surface area contributed by atoms with E-state index in [1.165, 1.54) is 12.8 Å². The minimum atomic E-state index is -0.370. The SMILES string of the molecule is O[C@H]1CCC[C@@H]1n1c2cnccc2c2cnc(Nc3ccc(N4CCCC4)cn3)nc21. The van der Waals surface area contributed by atoms with Crippen LogP contribution >= 0.6 is 0 Å². The van der Waals surface area contributed by atoms with Crippen molar-refractivity contribution in [2.45, 2.75) is 44.2 Å². The number of nitrogens with zero attached hydrogens (tertiary/aromatic N) is 6. The molecular formula is C23H25N7O. The summed E-state index contributed by atoms with van der Waals surface area (Å²) in [5.74, 6) is 1.21. The number of aliphatic hydroxyl groups is 1. The molecule has 4 aromatic rings. The van der Waals surface area contributed by atoms with E-state index in [4.69, 9.17) is 4.98 Å². The number of fused-ring (bicyclic) bond motifs is 3. The van der Waals surface area contributed by atoms with Gasteiger partial charge >= 0.3 is 0 Å². The molecule has 158 valence electrons. The van der Waals surface area contributed by atoms with Gasteiger partial charge in [-0.2, -0.15) is 4.98 Å². The molecule has 1 aliphatic heterocycles. The predicted octanol–water partition coefficient (Wildman–Crippen LogP) is 3.80. The van der Waals surface area contributed by atoms with E-state index in [1.807, 2.05) is 30.7 Å². The Morgan fingerprint density at radius 1 is 0.935 bits per heavy atom. The third-order valence-electron chi connectivity index (χ3n) is 6.58. The van der Waals surface area contributed by atoms with Gasteiger partial charge in [0.2, 0.25) is 5.95 Å². The van der Waals surface area contributed by atoms with Crippen LogP contribution in [0.3, 0.4) is 0 Å². The van der Waals surface area contributed by atoms with E-state index in [2.05, 4.69) is 35.8 Å². The van der Waals surface area contributed by atoms with E-state index < -0.39 is 0 Å². The van der Waals surface area contributed by atoms with Gasteiger partial charge in [-0.05, 0) is 50.3 Å². The lowest BCUT2D eigenvalue weighted by Crippen LogP contribution is -2.18. The van der Waals surface area contributed by atoms with Gasteiger partial charge in [0.1, 0.15) is 11.5 Å². The van der Waals surface area contributed by atoms with Crippen molar-refractivity contribution in [3.63, 3.8) is 0 Å². The van der Waals surface area contributed by atoms with Crippen LogP contribution < -0.4 is 10.2 Å². The molecule has 2 atom stereocenters. The molecule has 1 saturated carbocycles. The van der Waals surface area contributed by atoms with Gasteiger partial charge in [0, 0.05) is 36.3 Å². The van der Waals surface area contributed by atoms with E-state index in [-0.39, 0.29) is 12.1 Å². The lowest BCUT2D eigenvalue weighted by atomic mass is 10.2. The Balaban J connectivity index is 1.37. The van der Waals surface area contributed by atoms with Crippen molar-refractivity contribution >= 4 is 39.4 Å². The van der Waals surface area contributed by atoms with Crippen molar-refractivity contribution in [2.75, 3.05) is 23.3 Å². The second-order valence-corrected chi connectivity index (χ2v) is 8.48. The molecule has 2 fully saturated rings. The molecule has 5 heterocycles. The first-order valence-corrected chi connectivity index (χ1v) is 11.0. The van der Waals surface area contributed by atoms with Crippen molar-refractivity contribution in [2.24, 2.45) is 0 Å². The van der Waals surface area contributed by atoms with Gasteiger partial charge in [0.15, 0.2) is 0 Å². The summed E-state index contributed by atoms with van der Waals surface area (Å²) in [4.78, 5) is 20.6. The number of rotatable bonds is 4. The van der Waals surface area contributed by atoms with Crippen molar-refractivity contribution in [1.82, 2.24) is 24.5 Å². The number of hydrogen-bond acceptors (Lipinski definition) is 7. The van der Waals surface area contributed by atoms with Gasteiger partial charge in [0.25, 0.3) is 0 Å². The topological polar surface area (TPSA) is 92.0 Å². The Kier molecular flexibility index (Phi) is 4.45. The van der Waals surface area contributed by atoms with Crippen molar-refractivity contribution in [3.05, 3.63) is 43.0 Å². The molecule has 0 amide bonds. The van der Waals surface area contributed by atoms with E-state index >= 15 is 0 Å². The summed E-state index contributed by atoms with van der Waals surface area (Å²) >= 11 is 0. The van der Waals surface area contributed by atoms with Gasteiger partial charge < -0.3 is 19.9 Å². The van der Waals surface area contributed by atoms with E-state index in [1.54, 1.807) is 6.20 Å². The highest BCUT2D eigenvalue weighted by atomic mass is 16.3. The molecule has 8 nitrogen and oxygen atoms in total. The first-order chi connectivity index (χ1) is 15.3. The van der Waals surface area contributed by atoms with Gasteiger partial charge in [-0.25, -0.2) is 9.97 Å². The average Bonchev–Trinajstić information content (AvgIpc) is 3.53. The van der Waals surface area contributed by atoms with Crippen LogP contribution in [0, 0.1) is 0 Å². The minimum Gasteiger partial charge on any atom is -0.391 e. The van der Waals surface area contributed by atoms with Crippen LogP contribution in [0.1, 0.15) is 38.1 Å². The summed E-state index contributed by atoms with van der Waals surface area (Å²) < 4.78 is 2.14. The quantitative estimate of drug-likeness (QED) is 0.524. The summed E-state index contributed by atoms with van der Waals surface area (Å²) in [5.41, 5.74) is 2.96. The Morgan fingerprint density at radius 2 is 1.84 bits per heavy atom. The normalized spacial score (nSPS) is 21.4. The van der Waals surface area contributed by atoms with Crippen molar-refractivity contribution in [3.8, 4) is 0 Å². The number of aliphatic hydroxyl groups excluding tert-OH is 1. The van der Waals surface area contributed by atoms with Crippen LogP contribution in [0.5, 0.6) is 0 Å². The highest BCUT2D eigenvalue weighted by Crippen LogP contribution is 2.37. The van der Waals surface area contributed by atoms with Crippen LogP contribution in [0.25, 0.3) is 21.9 Å². The number of aromatic nitrogens is 5. The first-order valence-electron chi connectivity index (χ1n) is 11.0. The number of anilines is 3. The summed E-state index contributed by atoms with van der Waals surface area (Å²) in [6.45, 7) is 2.20. The van der Waals surface area contributed by atoms with Gasteiger partial charge in [-0.1, -0.05) is 0 Å². The maximum Gasteiger partial charge on any atom is 0.230 e. The third kappa shape index (κ3) is 3.18. The molecule has 0 bridgehead atoms. The lowest BCUT2D eigenvalue weighted by Gasteiger charge is -2.19. The first kappa shape index (κ1) is 18.5. The van der Waals surface area contributed by atoms with Gasteiger partial charge in [-0.3, -0.25) is 4.98 Å². The molecule has 2 aliphatic rings. The molecule has 2 N–H and O–H groups in total. The second-order valence-electron chi connectivity index (χ2n) is 8.48. The lowest BCUT2D eigenvalue weighted by molar-refractivity contribution is 0.140. The van der Waals surface area contributed by atoms with Crippen molar-refractivity contribution < 1.29 is 5.11 Å². The zero-order chi connectivity index (χ0) is 20.8. The summed E-state index contributed by atoms with van der Waals surface area (Å²) in [7, 11) is 0. The molecule has 1 saturated heterocycles. The zero-order valence-corrected chi connectivity index (χ0v) is 17.3. The second kappa shape index (κ2) is 7.46. The smallest absolute Gasteiger partial charge is 0.230 e. The van der Waals surface area contributed by atoms with Gasteiger partial charge in [0.05, 0.1) is 35.7 Å². The fourth-order valence-electron chi connectivity index (χ4n) is 5.02. The molecular weight excluding hydrogens is 390 g/mol. The molecule has 8 heteroatoms. The minimum absolute atomic E-state index is 0.00446. The third-order valence-corrected chi connectivity index (χ3v) is 6.58. The zero-order valence-electron chi connectivity index (χ0n) is 17.3. The largest absolute Gasteiger partial charge is 0.391 e. The van der Waals surface area contributed by atoms with Crippen LogP contribution in [-0.4, -0.2) is 48.8 Å². The monoisotopic (exact) mass is 415 g/mol. The number of hydrogen-bond donors (Lipinski definition) is 2. The summed E-state index contributed by atoms with van der Waals surface area (Å²) in [6.07, 6.45) is 12.3. The highest BCUT2D eigenvalue weighted by molar-refractivity contribution is 6.06. The molecule has 0 aromatic carbocycles. The Hall–Kier alpha value is -3.26. The van der Waals surface area contributed by atoms with E-state index in [0.29, 0.717) is 11.8 Å². The highest BCUT2D eigenvalue weighted by Gasteiger charge is 2.30. The van der Waals surface area contributed by atoms with Crippen LogP contribution in [0.15, 0.2) is 43.0 Å². The molecule has 0 radical (unpaired) electrons. The fraction of sp³-hybridized carbons (Fsp3) is 0.391. The summed E-state index contributed by atoms with van der Waals surface area (Å²) in [5, 5.41) is 15.9. The molecule has 4 aromatic heterocycles. The van der Waals surface area contributed by atoms with E-state index in [0.717, 1.165) is 60.0 Å². The van der Waals surface area contributed by atoms with Crippen LogP contribution in [0.4, 0.5) is 17.5 Å². The van der Waals surface area contributed by atoms with Crippen LogP contribution in [-0.2, 0) is 0 Å². The number of pyridine rings is 2. The Labute approximate surface area is 180 Å². The Bertz CT molecular complexity index is 1230. The molecule has 0 spiro atoms. The van der Waals surface area contributed by atoms with Crippen LogP contribution in [0.2, 0.25) is 0 Å². The fourth-order valence-corrected chi connectivity index (χ4v) is 5.02. The van der Waals surface area contributed by atoms with Gasteiger partial charge in [-0.15, -0.1) is 0 Å². The Morgan fingerprint density at radius 3 is 2.61 bits per heavy atom. The maximum atomic E-state index is 10.6. The molecule has 1 aliphatic carbocycles.